The van der Waals surface area contributed by atoms with Crippen LogP contribution in [0.25, 0.3) is 6.08 Å². The van der Waals surface area contributed by atoms with Crippen LogP contribution in [0.15, 0.2) is 36.4 Å². The monoisotopic (exact) mass is 322 g/mol. The molecule has 0 heterocycles. The summed E-state index contributed by atoms with van der Waals surface area (Å²) in [6, 6.07) is 9.31. The van der Waals surface area contributed by atoms with E-state index in [2.05, 4.69) is 16.7 Å². The van der Waals surface area contributed by atoms with E-state index in [-0.39, 0.29) is 5.97 Å². The Hall–Kier alpha value is -2.14. The Bertz CT molecular complexity index is 454. The summed E-state index contributed by atoms with van der Waals surface area (Å²) in [6.45, 7) is 2.17. The van der Waals surface area contributed by atoms with E-state index in [0.717, 1.165) is 24.5 Å². The van der Waals surface area contributed by atoms with E-state index in [1.165, 1.54) is 26.4 Å². The normalized spacial score (nSPS) is 10.0. The summed E-state index contributed by atoms with van der Waals surface area (Å²) >= 11 is 0. The molecule has 0 atom stereocenters. The number of hydrogen-bond acceptors (Lipinski definition) is 4. The highest BCUT2D eigenvalue weighted by Crippen LogP contribution is 2.05. The van der Waals surface area contributed by atoms with E-state index < -0.39 is 5.97 Å². The molecule has 0 amide bonds. The molecule has 5 heteroatoms. The van der Waals surface area contributed by atoms with Crippen LogP contribution in [-0.2, 0) is 19.4 Å². The highest BCUT2D eigenvalue weighted by atomic mass is 17.2. The van der Waals surface area contributed by atoms with Crippen molar-refractivity contribution in [3.05, 3.63) is 42.0 Å². The minimum absolute atomic E-state index is 0.269. The average Bonchev–Trinajstić information content (AvgIpc) is 2.55. The van der Waals surface area contributed by atoms with Crippen LogP contribution in [0.2, 0.25) is 0 Å². The largest absolute Gasteiger partial charge is 0.478 e. The van der Waals surface area contributed by atoms with Gasteiger partial charge in [-0.15, -0.1) is 0 Å². The maximum atomic E-state index is 10.7. The Morgan fingerprint density at radius 1 is 1.09 bits per heavy atom. The van der Waals surface area contributed by atoms with Gasteiger partial charge in [0, 0.05) is 12.5 Å². The molecule has 0 saturated carbocycles. The molecule has 0 aliphatic heterocycles. The van der Waals surface area contributed by atoms with Gasteiger partial charge < -0.3 is 5.11 Å². The molecule has 1 N–H and O–H groups in total. The fourth-order valence-corrected chi connectivity index (χ4v) is 1.74. The first-order chi connectivity index (χ1) is 11.1. The molecule has 0 saturated heterocycles. The Morgan fingerprint density at radius 3 is 2.30 bits per heavy atom. The molecular formula is C18H26O5. The van der Waals surface area contributed by atoms with Crippen molar-refractivity contribution in [3.63, 3.8) is 0 Å². The molecule has 1 aromatic carbocycles. The topological polar surface area (TPSA) is 72.8 Å². The molecule has 1 aromatic rings. The zero-order valence-electron chi connectivity index (χ0n) is 13.9. The van der Waals surface area contributed by atoms with Crippen molar-refractivity contribution in [2.45, 2.75) is 45.4 Å². The van der Waals surface area contributed by atoms with Crippen molar-refractivity contribution in [3.8, 4) is 0 Å². The van der Waals surface area contributed by atoms with E-state index in [1.54, 1.807) is 6.08 Å². The van der Waals surface area contributed by atoms with Crippen LogP contribution < -0.4 is 0 Å². The van der Waals surface area contributed by atoms with Gasteiger partial charge in [0.05, 0.1) is 7.11 Å². The van der Waals surface area contributed by atoms with Gasteiger partial charge >= 0.3 is 11.9 Å². The molecular weight excluding hydrogens is 296 g/mol. The predicted octanol–water partition coefficient (Wildman–Crippen LogP) is 4.24. The Labute approximate surface area is 137 Å². The maximum Gasteiger partial charge on any atom is 0.342 e. The first-order valence-electron chi connectivity index (χ1n) is 7.79. The van der Waals surface area contributed by atoms with Crippen molar-refractivity contribution in [1.29, 1.82) is 0 Å². The lowest BCUT2D eigenvalue weighted by Crippen LogP contribution is -2.02. The number of hydrogen-bond donors (Lipinski definition) is 1. The first-order valence-corrected chi connectivity index (χ1v) is 7.79. The average molecular weight is 322 g/mol. The molecule has 0 aliphatic rings. The standard InChI is InChI=1S/C9H18O3.C9H8O2/c1-3-4-5-6-7-8-9(10)12-11-2;10-9(11)7-6-8-4-2-1-3-5-8/h3-8H2,1-2H3;1-7H,(H,10,11). The van der Waals surface area contributed by atoms with Crippen molar-refractivity contribution in [1.82, 2.24) is 0 Å². The summed E-state index contributed by atoms with van der Waals surface area (Å²) in [4.78, 5) is 29.4. The summed E-state index contributed by atoms with van der Waals surface area (Å²) in [5.41, 5.74) is 0.898. The molecule has 0 radical (unpaired) electrons. The molecule has 23 heavy (non-hydrogen) atoms. The summed E-state index contributed by atoms with van der Waals surface area (Å²) in [7, 11) is 1.34. The first kappa shape index (κ1) is 20.9. The van der Waals surface area contributed by atoms with Crippen LogP contribution in [0.1, 0.15) is 51.0 Å². The zero-order valence-corrected chi connectivity index (χ0v) is 13.9. The Morgan fingerprint density at radius 2 is 1.74 bits per heavy atom. The molecule has 128 valence electrons. The number of carbonyl (C=O) groups excluding carboxylic acids is 1. The van der Waals surface area contributed by atoms with Crippen LogP contribution in [0, 0.1) is 0 Å². The second-order valence-corrected chi connectivity index (χ2v) is 4.87. The third-order valence-corrected chi connectivity index (χ3v) is 2.88. The Balaban J connectivity index is 0.000000422. The van der Waals surface area contributed by atoms with Gasteiger partial charge in [0.1, 0.15) is 0 Å². The minimum atomic E-state index is -0.922. The highest BCUT2D eigenvalue weighted by molar-refractivity contribution is 5.85. The van der Waals surface area contributed by atoms with Gasteiger partial charge in [0.25, 0.3) is 0 Å². The highest BCUT2D eigenvalue weighted by Gasteiger charge is 2.01. The van der Waals surface area contributed by atoms with Gasteiger partial charge in [0.15, 0.2) is 0 Å². The van der Waals surface area contributed by atoms with Gasteiger partial charge in [-0.3, -0.25) is 4.89 Å². The number of aliphatic carboxylic acids is 1. The van der Waals surface area contributed by atoms with Crippen molar-refractivity contribution >= 4 is 18.0 Å². The molecule has 0 spiro atoms. The van der Waals surface area contributed by atoms with Crippen LogP contribution in [0.5, 0.6) is 0 Å². The lowest BCUT2D eigenvalue weighted by molar-refractivity contribution is -0.255. The molecule has 0 fully saturated rings. The van der Waals surface area contributed by atoms with Gasteiger partial charge in [0.2, 0.25) is 0 Å². The van der Waals surface area contributed by atoms with Gasteiger partial charge in [-0.1, -0.05) is 62.9 Å². The summed E-state index contributed by atoms with van der Waals surface area (Å²) in [5.74, 6) is -1.19. The number of unbranched alkanes of at least 4 members (excludes halogenated alkanes) is 4. The zero-order chi connectivity index (χ0) is 17.3. The number of benzene rings is 1. The van der Waals surface area contributed by atoms with Crippen LogP contribution >= 0.6 is 0 Å². The molecule has 0 unspecified atom stereocenters. The second-order valence-electron chi connectivity index (χ2n) is 4.87. The van der Waals surface area contributed by atoms with Gasteiger partial charge in [-0.25, -0.2) is 9.59 Å². The van der Waals surface area contributed by atoms with E-state index in [9.17, 15) is 9.59 Å². The third kappa shape index (κ3) is 14.6. The van der Waals surface area contributed by atoms with Gasteiger partial charge in [-0.05, 0) is 18.1 Å². The van der Waals surface area contributed by atoms with Crippen molar-refractivity contribution in [2.75, 3.05) is 7.11 Å². The van der Waals surface area contributed by atoms with Gasteiger partial charge in [-0.2, -0.15) is 4.89 Å². The van der Waals surface area contributed by atoms with E-state index >= 15 is 0 Å². The van der Waals surface area contributed by atoms with Crippen molar-refractivity contribution < 1.29 is 24.5 Å². The number of rotatable bonds is 9. The maximum absolute atomic E-state index is 10.7. The molecule has 0 aromatic heterocycles. The molecule has 5 nitrogen and oxygen atoms in total. The summed E-state index contributed by atoms with van der Waals surface area (Å²) < 4.78 is 0. The summed E-state index contributed by atoms with van der Waals surface area (Å²) in [5, 5.41) is 8.29. The van der Waals surface area contributed by atoms with Crippen LogP contribution in [0.4, 0.5) is 0 Å². The summed E-state index contributed by atoms with van der Waals surface area (Å²) in [6.07, 6.45) is 8.84. The van der Waals surface area contributed by atoms with Crippen molar-refractivity contribution in [2.24, 2.45) is 0 Å². The number of carbonyl (C=O) groups is 2. The third-order valence-electron chi connectivity index (χ3n) is 2.88. The number of carboxylic acid groups (broad SMARTS) is 1. The van der Waals surface area contributed by atoms with Crippen LogP contribution in [0.3, 0.4) is 0 Å². The molecule has 0 bridgehead atoms. The smallest absolute Gasteiger partial charge is 0.342 e. The SMILES string of the molecule is CCCCCCCC(=O)OOC.O=C(O)C=Cc1ccccc1. The number of carboxylic acids is 1. The fraction of sp³-hybridized carbons (Fsp3) is 0.444. The quantitative estimate of drug-likeness (QED) is 0.319. The predicted molar refractivity (Wildman–Crippen MR) is 89.6 cm³/mol. The molecule has 0 aliphatic carbocycles. The second kappa shape index (κ2) is 14.8. The lowest BCUT2D eigenvalue weighted by atomic mass is 10.1. The van der Waals surface area contributed by atoms with E-state index in [4.69, 9.17) is 5.11 Å². The van der Waals surface area contributed by atoms with E-state index in [1.807, 2.05) is 30.3 Å². The lowest BCUT2D eigenvalue weighted by Gasteiger charge is -1.99. The van der Waals surface area contributed by atoms with Crippen LogP contribution in [-0.4, -0.2) is 24.2 Å². The fourth-order valence-electron chi connectivity index (χ4n) is 1.74. The minimum Gasteiger partial charge on any atom is -0.478 e. The molecule has 1 rings (SSSR count). The van der Waals surface area contributed by atoms with E-state index in [0.29, 0.717) is 6.42 Å². The Kier molecular flexibility index (Phi) is 13.4.